The molecule has 0 fully saturated rings. The molecule has 0 amide bonds. The van der Waals surface area contributed by atoms with Gasteiger partial charge in [0.25, 0.3) is 12.9 Å². The summed E-state index contributed by atoms with van der Waals surface area (Å²) in [6.07, 6.45) is -1.25. The minimum atomic E-state index is -3.03. The van der Waals surface area contributed by atoms with E-state index in [4.69, 9.17) is 0 Å². The first kappa shape index (κ1) is 26.1. The summed E-state index contributed by atoms with van der Waals surface area (Å²) in [5.41, 5.74) is 1.80. The van der Waals surface area contributed by atoms with Crippen LogP contribution in [0.3, 0.4) is 0 Å². The van der Waals surface area contributed by atoms with E-state index in [1.54, 1.807) is 18.3 Å². The van der Waals surface area contributed by atoms with Crippen molar-refractivity contribution in [1.82, 2.24) is 4.98 Å². The Morgan fingerprint density at radius 3 is 2.05 bits per heavy atom. The highest BCUT2D eigenvalue weighted by Crippen LogP contribution is 2.36. The summed E-state index contributed by atoms with van der Waals surface area (Å²) < 4.78 is 54.7. The van der Waals surface area contributed by atoms with E-state index >= 15 is 0 Å². The Bertz CT molecular complexity index is 1300. The van der Waals surface area contributed by atoms with Crippen LogP contribution in [0.2, 0.25) is 0 Å². The number of benzene rings is 2. The molecule has 4 aromatic rings. The standard InChI is InChI=1S/C29H27F4N3O/c1-19(21-6-4-3-5-7-21)35(2)27-11-9-23(18-34-27)25(16-20-12-14-36(37)15-13-20)22-8-10-24(28(30)31)26(17-22)29(32)33/h3-15,17-19,25,28-29H,16H2,1-2H3/t19-,25?/m1/s1. The van der Waals surface area contributed by atoms with E-state index in [0.29, 0.717) is 16.7 Å². The Kier molecular flexibility index (Phi) is 8.06. The van der Waals surface area contributed by atoms with Gasteiger partial charge in [-0.2, -0.15) is 4.73 Å². The van der Waals surface area contributed by atoms with Gasteiger partial charge < -0.3 is 10.1 Å². The third kappa shape index (κ3) is 6.07. The highest BCUT2D eigenvalue weighted by molar-refractivity contribution is 5.45. The molecule has 0 spiro atoms. The number of hydrogen-bond acceptors (Lipinski definition) is 3. The van der Waals surface area contributed by atoms with Gasteiger partial charge in [-0.3, -0.25) is 0 Å². The number of hydrogen-bond donors (Lipinski definition) is 0. The van der Waals surface area contributed by atoms with Crippen LogP contribution >= 0.6 is 0 Å². The van der Waals surface area contributed by atoms with Crippen LogP contribution in [0.4, 0.5) is 23.4 Å². The smallest absolute Gasteiger partial charge is 0.264 e. The van der Waals surface area contributed by atoms with Crippen molar-refractivity contribution < 1.29 is 22.3 Å². The fourth-order valence-corrected chi connectivity index (χ4v) is 4.41. The molecule has 1 unspecified atom stereocenters. The van der Waals surface area contributed by atoms with Gasteiger partial charge in [0.2, 0.25) is 0 Å². The van der Waals surface area contributed by atoms with E-state index in [2.05, 4.69) is 11.9 Å². The van der Waals surface area contributed by atoms with Gasteiger partial charge in [-0.15, -0.1) is 0 Å². The number of alkyl halides is 4. The lowest BCUT2D eigenvalue weighted by Gasteiger charge is -2.27. The van der Waals surface area contributed by atoms with Crippen molar-refractivity contribution in [1.29, 1.82) is 0 Å². The molecule has 0 aliphatic heterocycles. The maximum atomic E-state index is 13.7. The van der Waals surface area contributed by atoms with Crippen molar-refractivity contribution in [2.75, 3.05) is 11.9 Å². The van der Waals surface area contributed by atoms with Crippen molar-refractivity contribution in [2.24, 2.45) is 0 Å². The monoisotopic (exact) mass is 509 g/mol. The van der Waals surface area contributed by atoms with Crippen molar-refractivity contribution in [2.45, 2.75) is 38.2 Å². The Balaban J connectivity index is 1.69. The SMILES string of the molecule is C[C@H](c1ccccc1)N(C)c1ccc(C(Cc2cc[n+]([O-])cc2)c2ccc(C(F)F)c(C(F)F)c2)cn1. The molecule has 0 aliphatic rings. The van der Waals surface area contributed by atoms with Crippen LogP contribution in [0.1, 0.15) is 65.1 Å². The molecule has 8 heteroatoms. The van der Waals surface area contributed by atoms with Crippen LogP contribution in [-0.4, -0.2) is 12.0 Å². The van der Waals surface area contributed by atoms with Crippen molar-refractivity contribution >= 4 is 5.82 Å². The van der Waals surface area contributed by atoms with Crippen LogP contribution in [0.15, 0.2) is 91.4 Å². The average molecular weight is 510 g/mol. The van der Waals surface area contributed by atoms with Crippen LogP contribution in [-0.2, 0) is 6.42 Å². The van der Waals surface area contributed by atoms with E-state index in [0.717, 1.165) is 34.6 Å². The Morgan fingerprint density at radius 1 is 0.811 bits per heavy atom. The summed E-state index contributed by atoms with van der Waals surface area (Å²) in [7, 11) is 1.94. The zero-order valence-corrected chi connectivity index (χ0v) is 20.4. The molecule has 2 aromatic carbocycles. The zero-order chi connectivity index (χ0) is 26.5. The lowest BCUT2D eigenvalue weighted by molar-refractivity contribution is -0.605. The molecule has 0 saturated heterocycles. The molecule has 37 heavy (non-hydrogen) atoms. The summed E-state index contributed by atoms with van der Waals surface area (Å²) in [4.78, 5) is 6.67. The normalized spacial score (nSPS) is 13.1. The third-order valence-electron chi connectivity index (χ3n) is 6.69. The molecule has 2 heterocycles. The number of anilines is 1. The summed E-state index contributed by atoms with van der Waals surface area (Å²) >= 11 is 0. The molecule has 0 radical (unpaired) electrons. The minimum Gasteiger partial charge on any atom is -0.619 e. The number of halogens is 4. The third-order valence-corrected chi connectivity index (χ3v) is 6.69. The zero-order valence-electron chi connectivity index (χ0n) is 20.4. The largest absolute Gasteiger partial charge is 0.619 e. The van der Waals surface area contributed by atoms with Gasteiger partial charge in [0.1, 0.15) is 5.82 Å². The second-order valence-corrected chi connectivity index (χ2v) is 8.96. The first-order valence-electron chi connectivity index (χ1n) is 11.9. The Morgan fingerprint density at radius 2 is 1.46 bits per heavy atom. The highest BCUT2D eigenvalue weighted by atomic mass is 19.3. The molecule has 0 bridgehead atoms. The fourth-order valence-electron chi connectivity index (χ4n) is 4.41. The van der Waals surface area contributed by atoms with E-state index in [9.17, 15) is 22.8 Å². The van der Waals surface area contributed by atoms with Gasteiger partial charge in [0.05, 0.1) is 6.04 Å². The fraction of sp³-hybridized carbons (Fsp3) is 0.241. The molecule has 192 valence electrons. The Labute approximate surface area is 213 Å². The van der Waals surface area contributed by atoms with E-state index < -0.39 is 29.9 Å². The highest BCUT2D eigenvalue weighted by Gasteiger charge is 2.24. The van der Waals surface area contributed by atoms with Crippen molar-refractivity contribution in [3.05, 3.63) is 130 Å². The van der Waals surface area contributed by atoms with Crippen LogP contribution in [0.25, 0.3) is 0 Å². The maximum Gasteiger partial charge on any atom is 0.264 e. The molecule has 2 atom stereocenters. The second kappa shape index (κ2) is 11.4. The molecule has 4 rings (SSSR count). The molecule has 0 aliphatic carbocycles. The van der Waals surface area contributed by atoms with Gasteiger partial charge in [-0.25, -0.2) is 22.5 Å². The topological polar surface area (TPSA) is 43.1 Å². The summed E-state index contributed by atoms with van der Waals surface area (Å²) in [6.45, 7) is 2.07. The Hall–Kier alpha value is -3.94. The summed E-state index contributed by atoms with van der Waals surface area (Å²) in [6, 6.07) is 20.8. The number of pyridine rings is 2. The van der Waals surface area contributed by atoms with Crippen LogP contribution in [0, 0.1) is 5.21 Å². The molecule has 0 saturated carbocycles. The minimum absolute atomic E-state index is 0.0638. The molecular weight excluding hydrogens is 482 g/mol. The predicted molar refractivity (Wildman–Crippen MR) is 135 cm³/mol. The molecular formula is C29H27F4N3O. The van der Waals surface area contributed by atoms with E-state index in [-0.39, 0.29) is 6.04 Å². The molecule has 0 N–H and O–H groups in total. The van der Waals surface area contributed by atoms with Gasteiger partial charge in [0, 0.05) is 42.4 Å². The lowest BCUT2D eigenvalue weighted by atomic mass is 9.85. The van der Waals surface area contributed by atoms with E-state index in [1.165, 1.54) is 18.5 Å². The second-order valence-electron chi connectivity index (χ2n) is 8.96. The quantitative estimate of drug-likeness (QED) is 0.137. The molecule has 4 nitrogen and oxygen atoms in total. The number of rotatable bonds is 9. The van der Waals surface area contributed by atoms with Gasteiger partial charge in [-0.05, 0) is 47.7 Å². The summed E-state index contributed by atoms with van der Waals surface area (Å²) in [5.74, 6) is 0.289. The van der Waals surface area contributed by atoms with Crippen LogP contribution in [0.5, 0.6) is 0 Å². The van der Waals surface area contributed by atoms with Gasteiger partial charge in [0.15, 0.2) is 12.4 Å². The maximum absolute atomic E-state index is 13.7. The van der Waals surface area contributed by atoms with Crippen molar-refractivity contribution in [3.63, 3.8) is 0 Å². The molecule has 2 aromatic heterocycles. The predicted octanol–water partition coefficient (Wildman–Crippen LogP) is 7.16. The van der Waals surface area contributed by atoms with E-state index in [1.807, 2.05) is 54.4 Å². The summed E-state index contributed by atoms with van der Waals surface area (Å²) in [5, 5.41) is 11.5. The van der Waals surface area contributed by atoms with Crippen LogP contribution < -0.4 is 9.63 Å². The first-order valence-corrected chi connectivity index (χ1v) is 11.9. The van der Waals surface area contributed by atoms with Gasteiger partial charge >= 0.3 is 0 Å². The number of nitrogens with zero attached hydrogens (tertiary/aromatic N) is 3. The number of aromatic nitrogens is 2. The average Bonchev–Trinajstić information content (AvgIpc) is 2.92. The van der Waals surface area contributed by atoms with Crippen molar-refractivity contribution in [3.8, 4) is 0 Å². The first-order chi connectivity index (χ1) is 17.7. The van der Waals surface area contributed by atoms with Gasteiger partial charge in [-0.1, -0.05) is 48.5 Å². The lowest BCUT2D eigenvalue weighted by Crippen LogP contribution is -2.24.